The smallest absolute Gasteiger partial charge is 1.00 e. The maximum Gasteiger partial charge on any atom is 1.00 e. The Balaban J connectivity index is -0.000000720. The third kappa shape index (κ3) is 15.3. The van der Waals surface area contributed by atoms with Crippen molar-refractivity contribution >= 4 is 10.4 Å². The first-order valence-corrected chi connectivity index (χ1v) is 6.04. The Labute approximate surface area is 110 Å². The normalized spacial score (nSPS) is 11.0. The molecular formula is C8H19NaO4S. The van der Waals surface area contributed by atoms with Gasteiger partial charge in [0.1, 0.15) is 0 Å². The van der Waals surface area contributed by atoms with Gasteiger partial charge in [0.15, 0.2) is 0 Å². The van der Waals surface area contributed by atoms with Crippen LogP contribution in [-0.4, -0.2) is 19.6 Å². The zero-order valence-corrected chi connectivity index (χ0v) is 11.8. The van der Waals surface area contributed by atoms with Gasteiger partial charge in [0.2, 0.25) is 0 Å². The van der Waals surface area contributed by atoms with Crippen LogP contribution in [0.4, 0.5) is 0 Å². The molecule has 6 heteroatoms. The summed E-state index contributed by atoms with van der Waals surface area (Å²) >= 11 is 0. The van der Waals surface area contributed by atoms with Gasteiger partial charge in [0.05, 0.1) is 6.61 Å². The summed E-state index contributed by atoms with van der Waals surface area (Å²) in [4.78, 5) is 0. The van der Waals surface area contributed by atoms with Crippen LogP contribution >= 0.6 is 0 Å². The van der Waals surface area contributed by atoms with Crippen molar-refractivity contribution in [3.63, 3.8) is 0 Å². The zero-order chi connectivity index (χ0) is 10.2. The Hall–Kier alpha value is 0.870. The predicted molar refractivity (Wildman–Crippen MR) is 52.0 cm³/mol. The average Bonchev–Trinajstić information content (AvgIpc) is 2.01. The summed E-state index contributed by atoms with van der Waals surface area (Å²) in [5, 5.41) is 0. The molecule has 0 heterocycles. The summed E-state index contributed by atoms with van der Waals surface area (Å²) in [7, 11) is -4.22. The Kier molecular flexibility index (Phi) is 12.8. The van der Waals surface area contributed by atoms with Gasteiger partial charge in [-0.25, -0.2) is 4.18 Å². The first-order valence-electron chi connectivity index (χ1n) is 4.68. The molecule has 4 nitrogen and oxygen atoms in total. The predicted octanol–water partition coefficient (Wildman–Crippen LogP) is -0.717. The molecule has 0 aromatic heterocycles. The Morgan fingerprint density at radius 2 is 1.64 bits per heavy atom. The van der Waals surface area contributed by atoms with E-state index < -0.39 is 10.4 Å². The summed E-state index contributed by atoms with van der Waals surface area (Å²) in [6.07, 6.45) is 6.34. The Morgan fingerprint density at radius 3 is 2.14 bits per heavy atom. The molecule has 0 aromatic rings. The van der Waals surface area contributed by atoms with Crippen molar-refractivity contribution in [2.24, 2.45) is 0 Å². The monoisotopic (exact) mass is 234 g/mol. The van der Waals surface area contributed by atoms with E-state index in [-0.39, 0.29) is 37.6 Å². The molecule has 1 N–H and O–H groups in total. The molecule has 0 spiro atoms. The molecule has 0 aliphatic carbocycles. The molecule has 0 amide bonds. The summed E-state index contributed by atoms with van der Waals surface area (Å²) in [5.74, 6) is 0. The van der Waals surface area contributed by atoms with Crippen LogP contribution < -0.4 is 29.6 Å². The van der Waals surface area contributed by atoms with E-state index in [9.17, 15) is 8.42 Å². The van der Waals surface area contributed by atoms with Crippen LogP contribution in [-0.2, 0) is 14.6 Å². The summed E-state index contributed by atoms with van der Waals surface area (Å²) in [6.45, 7) is 2.23. The van der Waals surface area contributed by atoms with Crippen LogP contribution in [0.3, 0.4) is 0 Å². The van der Waals surface area contributed by atoms with Gasteiger partial charge in [0, 0.05) is 0 Å². The molecule has 0 atom stereocenters. The topological polar surface area (TPSA) is 63.6 Å². The largest absolute Gasteiger partial charge is 1.00 e. The molecule has 82 valence electrons. The van der Waals surface area contributed by atoms with Gasteiger partial charge in [-0.1, -0.05) is 39.0 Å². The fourth-order valence-corrected chi connectivity index (χ4v) is 1.38. The molecule has 0 aromatic carbocycles. The molecule has 0 fully saturated rings. The number of rotatable bonds is 8. The maximum atomic E-state index is 10.1. The second kappa shape index (κ2) is 10.4. The van der Waals surface area contributed by atoms with Crippen LogP contribution in [0.2, 0.25) is 0 Å². The van der Waals surface area contributed by atoms with E-state index in [0.717, 1.165) is 12.8 Å². The molecule has 14 heavy (non-hydrogen) atoms. The zero-order valence-electron chi connectivity index (χ0n) is 10.0. The minimum atomic E-state index is -4.22. The second-order valence-electron chi connectivity index (χ2n) is 3.02. The minimum Gasteiger partial charge on any atom is -1.00 e. The summed E-state index contributed by atoms with van der Waals surface area (Å²) < 4.78 is 32.6. The van der Waals surface area contributed by atoms with E-state index in [4.69, 9.17) is 4.55 Å². The van der Waals surface area contributed by atoms with Crippen molar-refractivity contribution in [2.45, 2.75) is 45.4 Å². The SMILES string of the molecule is CCCCCCCCOS(=O)(=O)O.[H-].[Na+]. The Morgan fingerprint density at radius 1 is 1.14 bits per heavy atom. The molecule has 0 bridgehead atoms. The van der Waals surface area contributed by atoms with E-state index in [0.29, 0.717) is 6.42 Å². The van der Waals surface area contributed by atoms with Crippen LogP contribution in [0, 0.1) is 0 Å². The quantitative estimate of drug-likeness (QED) is 0.342. The van der Waals surface area contributed by atoms with Gasteiger partial charge in [-0.15, -0.1) is 0 Å². The summed E-state index contributed by atoms with van der Waals surface area (Å²) in [6, 6.07) is 0. The van der Waals surface area contributed by atoms with E-state index >= 15 is 0 Å². The maximum absolute atomic E-state index is 10.1. The van der Waals surface area contributed by atoms with Gasteiger partial charge < -0.3 is 1.43 Å². The van der Waals surface area contributed by atoms with Crippen molar-refractivity contribution in [1.29, 1.82) is 0 Å². The first kappa shape index (κ1) is 17.3. The molecule has 0 saturated heterocycles. The molecule has 0 radical (unpaired) electrons. The van der Waals surface area contributed by atoms with Gasteiger partial charge in [0.25, 0.3) is 0 Å². The van der Waals surface area contributed by atoms with Crippen molar-refractivity contribution in [3.8, 4) is 0 Å². The van der Waals surface area contributed by atoms with E-state index in [1.807, 2.05) is 0 Å². The van der Waals surface area contributed by atoms with Crippen LogP contribution in [0.25, 0.3) is 0 Å². The van der Waals surface area contributed by atoms with Crippen molar-refractivity contribution < 1.29 is 48.1 Å². The summed E-state index contributed by atoms with van der Waals surface area (Å²) in [5.41, 5.74) is 0. The van der Waals surface area contributed by atoms with Crippen LogP contribution in [0.5, 0.6) is 0 Å². The van der Waals surface area contributed by atoms with Gasteiger partial charge in [-0.05, 0) is 6.42 Å². The molecule has 0 aliphatic rings. The van der Waals surface area contributed by atoms with Crippen molar-refractivity contribution in [2.75, 3.05) is 6.61 Å². The molecule has 0 aliphatic heterocycles. The number of hydrogen-bond donors (Lipinski definition) is 1. The van der Waals surface area contributed by atoms with Gasteiger partial charge in [-0.2, -0.15) is 8.42 Å². The van der Waals surface area contributed by atoms with E-state index in [2.05, 4.69) is 11.1 Å². The number of hydrogen-bond acceptors (Lipinski definition) is 3. The fraction of sp³-hybridized carbons (Fsp3) is 1.00. The van der Waals surface area contributed by atoms with Crippen LogP contribution in [0.1, 0.15) is 46.9 Å². The molecule has 0 saturated carbocycles. The molecular weight excluding hydrogens is 215 g/mol. The third-order valence-corrected chi connectivity index (χ3v) is 2.19. The third-order valence-electron chi connectivity index (χ3n) is 1.73. The van der Waals surface area contributed by atoms with E-state index in [1.54, 1.807) is 0 Å². The standard InChI is InChI=1S/C8H18O4S.Na.H/c1-2-3-4-5-6-7-8-12-13(9,10)11;;/h2-8H2,1H3,(H,9,10,11);;/q;+1;-1. The van der Waals surface area contributed by atoms with E-state index in [1.165, 1.54) is 19.3 Å². The van der Waals surface area contributed by atoms with Crippen molar-refractivity contribution in [3.05, 3.63) is 0 Å². The first-order chi connectivity index (χ1) is 6.06. The second-order valence-corrected chi connectivity index (χ2v) is 4.11. The van der Waals surface area contributed by atoms with Gasteiger partial charge >= 0.3 is 40.0 Å². The Bertz CT molecular complexity index is 209. The van der Waals surface area contributed by atoms with Gasteiger partial charge in [-0.3, -0.25) is 4.55 Å². The average molecular weight is 234 g/mol. The molecule has 0 unspecified atom stereocenters. The van der Waals surface area contributed by atoms with Crippen LogP contribution in [0.15, 0.2) is 0 Å². The fourth-order valence-electron chi connectivity index (χ4n) is 1.05. The minimum absolute atomic E-state index is 0. The molecule has 0 rings (SSSR count). The number of unbranched alkanes of at least 4 members (excludes halogenated alkanes) is 5. The van der Waals surface area contributed by atoms with Crippen molar-refractivity contribution in [1.82, 2.24) is 0 Å².